The van der Waals surface area contributed by atoms with Crippen molar-refractivity contribution in [2.45, 2.75) is 100 Å². The highest BCUT2D eigenvalue weighted by atomic mass is 32.2. The maximum Gasteiger partial charge on any atom is 0.322 e. The molecule has 0 bridgehead atoms. The molecule has 0 unspecified atom stereocenters. The van der Waals surface area contributed by atoms with Crippen LogP contribution in [0.1, 0.15) is 69.8 Å². The van der Waals surface area contributed by atoms with Crippen LogP contribution in [0.5, 0.6) is 5.75 Å². The lowest BCUT2D eigenvalue weighted by Crippen LogP contribution is -2.40. The van der Waals surface area contributed by atoms with Gasteiger partial charge in [0.25, 0.3) is 0 Å². The van der Waals surface area contributed by atoms with Crippen LogP contribution in [-0.4, -0.2) is 61.0 Å². The van der Waals surface area contributed by atoms with Crippen LogP contribution in [0.3, 0.4) is 0 Å². The molecule has 1 aliphatic heterocycles. The molecule has 196 valence electrons. The van der Waals surface area contributed by atoms with Crippen molar-refractivity contribution >= 4 is 16.0 Å². The molecule has 1 heterocycles. The molecule has 0 amide bonds. The summed E-state index contributed by atoms with van der Waals surface area (Å²) in [7, 11) is -4.01. The van der Waals surface area contributed by atoms with E-state index < -0.39 is 28.0 Å². The molecule has 3 aliphatic rings. The summed E-state index contributed by atoms with van der Waals surface area (Å²) in [6, 6.07) is 4.04. The van der Waals surface area contributed by atoms with E-state index in [2.05, 4.69) is 5.32 Å². The quantitative estimate of drug-likeness (QED) is 0.509. The van der Waals surface area contributed by atoms with Crippen LogP contribution >= 0.6 is 0 Å². The van der Waals surface area contributed by atoms with Gasteiger partial charge in [0, 0.05) is 25.4 Å². The van der Waals surface area contributed by atoms with E-state index in [1.54, 1.807) is 12.1 Å². The molecule has 0 spiro atoms. The van der Waals surface area contributed by atoms with E-state index in [0.717, 1.165) is 42.1 Å². The lowest BCUT2D eigenvalue weighted by molar-refractivity contribution is -0.140. The average molecular weight is 515 g/mol. The molecule has 0 radical (unpaired) electrons. The van der Waals surface area contributed by atoms with Gasteiger partial charge in [0.2, 0.25) is 15.9 Å². The molecule has 10 heteroatoms. The van der Waals surface area contributed by atoms with Gasteiger partial charge in [-0.25, -0.2) is 17.2 Å². The second kappa shape index (κ2) is 10.7. The summed E-state index contributed by atoms with van der Waals surface area (Å²) in [4.78, 5) is 11.6. The van der Waals surface area contributed by atoms with Crippen LogP contribution in [-0.2, 0) is 14.8 Å². The van der Waals surface area contributed by atoms with Crippen LogP contribution in [0.2, 0.25) is 0 Å². The molecule has 3 fully saturated rings. The Hall–Kier alpha value is -1.78. The third kappa shape index (κ3) is 6.32. The molecule has 3 atom stereocenters. The number of alkyl halides is 2. The third-order valence-corrected chi connectivity index (χ3v) is 9.61. The normalized spacial score (nSPS) is 27.8. The van der Waals surface area contributed by atoms with E-state index in [0.29, 0.717) is 31.6 Å². The summed E-state index contributed by atoms with van der Waals surface area (Å²) in [5.74, 6) is -2.93. The van der Waals surface area contributed by atoms with Gasteiger partial charge in [-0.1, -0.05) is 6.07 Å². The van der Waals surface area contributed by atoms with Gasteiger partial charge in [0.1, 0.15) is 16.7 Å². The highest BCUT2D eigenvalue weighted by Crippen LogP contribution is 2.37. The number of aryl methyl sites for hydroxylation is 1. The van der Waals surface area contributed by atoms with Crippen molar-refractivity contribution in [3.63, 3.8) is 0 Å². The van der Waals surface area contributed by atoms with Gasteiger partial charge < -0.3 is 15.2 Å². The number of carbonyl (C=O) groups is 1. The van der Waals surface area contributed by atoms with E-state index in [4.69, 9.17) is 4.74 Å². The van der Waals surface area contributed by atoms with Crippen LogP contribution in [0.25, 0.3) is 0 Å². The van der Waals surface area contributed by atoms with Gasteiger partial charge in [-0.3, -0.25) is 4.79 Å². The third-order valence-electron chi connectivity index (χ3n) is 7.66. The molecule has 4 rings (SSSR count). The minimum absolute atomic E-state index is 0.0236. The first-order chi connectivity index (χ1) is 16.5. The van der Waals surface area contributed by atoms with Crippen molar-refractivity contribution in [3.05, 3.63) is 23.8 Å². The van der Waals surface area contributed by atoms with Crippen molar-refractivity contribution in [1.29, 1.82) is 0 Å². The van der Waals surface area contributed by atoms with Gasteiger partial charge in [0.05, 0.1) is 6.10 Å². The number of halogens is 2. The highest BCUT2D eigenvalue weighted by molar-refractivity contribution is 7.89. The fourth-order valence-electron chi connectivity index (χ4n) is 5.64. The molecule has 1 saturated heterocycles. The molecule has 1 aromatic carbocycles. The summed E-state index contributed by atoms with van der Waals surface area (Å²) < 4.78 is 60.7. The highest BCUT2D eigenvalue weighted by Gasteiger charge is 2.41. The number of aliphatic carboxylic acids is 1. The van der Waals surface area contributed by atoms with Crippen molar-refractivity contribution in [3.8, 4) is 5.75 Å². The van der Waals surface area contributed by atoms with E-state index in [1.165, 1.54) is 6.07 Å². The predicted octanol–water partition coefficient (Wildman–Crippen LogP) is 4.34. The first kappa shape index (κ1) is 26.3. The molecule has 0 aromatic heterocycles. The number of sulfonamides is 1. The summed E-state index contributed by atoms with van der Waals surface area (Å²) in [5.41, 5.74) is 0.868. The fourth-order valence-corrected chi connectivity index (χ4v) is 7.39. The summed E-state index contributed by atoms with van der Waals surface area (Å²) >= 11 is 0. The zero-order valence-electron chi connectivity index (χ0n) is 20.2. The van der Waals surface area contributed by atoms with E-state index in [-0.39, 0.29) is 42.2 Å². The number of ether oxygens (including phenoxy) is 1. The summed E-state index contributed by atoms with van der Waals surface area (Å²) in [5, 5.41) is 12.9. The molecule has 2 saturated carbocycles. The maximum atomic E-state index is 13.4. The lowest BCUT2D eigenvalue weighted by atomic mass is 9.92. The van der Waals surface area contributed by atoms with Gasteiger partial charge in [0.15, 0.2) is 0 Å². The van der Waals surface area contributed by atoms with E-state index >= 15 is 0 Å². The smallest absolute Gasteiger partial charge is 0.322 e. The van der Waals surface area contributed by atoms with Crippen LogP contribution in [0.4, 0.5) is 8.78 Å². The Morgan fingerprint density at radius 2 is 1.94 bits per heavy atom. The monoisotopic (exact) mass is 514 g/mol. The molecule has 2 aliphatic carbocycles. The summed E-state index contributed by atoms with van der Waals surface area (Å²) in [6.07, 6.45) is 5.15. The fraction of sp³-hybridized carbons (Fsp3) is 0.720. The van der Waals surface area contributed by atoms with E-state index in [9.17, 15) is 27.1 Å². The zero-order chi connectivity index (χ0) is 25.2. The van der Waals surface area contributed by atoms with Crippen LogP contribution in [0.15, 0.2) is 23.1 Å². The largest absolute Gasteiger partial charge is 0.489 e. The summed E-state index contributed by atoms with van der Waals surface area (Å²) in [6.45, 7) is 2.83. The molecule has 7 nitrogen and oxygen atoms in total. The molecule has 35 heavy (non-hydrogen) atoms. The first-order valence-corrected chi connectivity index (χ1v) is 14.1. The van der Waals surface area contributed by atoms with Crippen molar-refractivity contribution in [1.82, 2.24) is 9.62 Å². The molecule has 2 N–H and O–H groups in total. The number of nitrogens with zero attached hydrogens (tertiary/aromatic N) is 1. The van der Waals surface area contributed by atoms with Crippen LogP contribution < -0.4 is 10.1 Å². The lowest BCUT2D eigenvalue weighted by Gasteiger charge is -2.29. The van der Waals surface area contributed by atoms with Gasteiger partial charge in [-0.2, -0.15) is 4.31 Å². The number of rotatable bonds is 9. The van der Waals surface area contributed by atoms with Gasteiger partial charge in [-0.05, 0) is 88.4 Å². The SMILES string of the molecule is Cc1ccc(S(=O)(=O)N2CCC[C@H]2C(=O)O)c(O[C@H]2CC[C@@H](CCNC3CCC(F)(F)CC3)C2)c1. The topological polar surface area (TPSA) is 95.9 Å². The van der Waals surface area contributed by atoms with Crippen LogP contribution in [0, 0.1) is 12.8 Å². The van der Waals surface area contributed by atoms with Crippen molar-refractivity contribution in [2.75, 3.05) is 13.1 Å². The Balaban J connectivity index is 1.34. The van der Waals surface area contributed by atoms with E-state index in [1.807, 2.05) is 6.92 Å². The standard InChI is InChI=1S/C25H36F2N2O5S/c1-17-4-7-23(35(32,33)29-14-2-3-21(29)24(30)31)22(15-17)34-20-6-5-18(16-20)10-13-28-19-8-11-25(26,27)12-9-19/h4,7,15,18-21,28H,2-3,5-6,8-14,16H2,1H3,(H,30,31)/t18-,20-,21-/m0/s1. The van der Waals surface area contributed by atoms with Crippen molar-refractivity contribution < 1.29 is 31.8 Å². The average Bonchev–Trinajstić information content (AvgIpc) is 3.45. The number of benzene rings is 1. The number of hydrogen-bond acceptors (Lipinski definition) is 5. The number of carboxylic acids is 1. The number of nitrogens with one attached hydrogen (secondary N) is 1. The Labute approximate surface area is 206 Å². The maximum absolute atomic E-state index is 13.4. The Bertz CT molecular complexity index is 1010. The Morgan fingerprint density at radius 1 is 1.20 bits per heavy atom. The molecular weight excluding hydrogens is 478 g/mol. The molecule has 1 aromatic rings. The first-order valence-electron chi connectivity index (χ1n) is 12.7. The minimum atomic E-state index is -4.01. The minimum Gasteiger partial charge on any atom is -0.489 e. The van der Waals surface area contributed by atoms with Crippen molar-refractivity contribution in [2.24, 2.45) is 5.92 Å². The van der Waals surface area contributed by atoms with Gasteiger partial charge >= 0.3 is 5.97 Å². The Kier molecular flexibility index (Phi) is 8.02. The second-order valence-electron chi connectivity index (χ2n) is 10.4. The van der Waals surface area contributed by atoms with Gasteiger partial charge in [-0.15, -0.1) is 0 Å². The predicted molar refractivity (Wildman–Crippen MR) is 127 cm³/mol. The Morgan fingerprint density at radius 3 is 2.66 bits per heavy atom. The number of hydrogen-bond donors (Lipinski definition) is 2. The zero-order valence-corrected chi connectivity index (χ0v) is 21.0. The molecular formula is C25H36F2N2O5S. The number of carboxylic acid groups (broad SMARTS) is 1. The second-order valence-corrected chi connectivity index (χ2v) is 12.2.